The van der Waals surface area contributed by atoms with E-state index in [4.69, 9.17) is 16.3 Å². The summed E-state index contributed by atoms with van der Waals surface area (Å²) >= 11 is 7.03. The smallest absolute Gasteiger partial charge is 0.286 e. The molecule has 0 aliphatic carbocycles. The van der Waals surface area contributed by atoms with E-state index in [0.717, 1.165) is 11.3 Å². The average Bonchev–Trinajstić information content (AvgIpc) is 3.43. The van der Waals surface area contributed by atoms with Gasteiger partial charge >= 0.3 is 0 Å². The molecule has 1 N–H and O–H groups in total. The van der Waals surface area contributed by atoms with Crippen LogP contribution in [0.5, 0.6) is 5.75 Å². The number of nitrogens with zero attached hydrogens (tertiary/aromatic N) is 3. The lowest BCUT2D eigenvalue weighted by molar-refractivity contribution is 0.102. The number of anilines is 1. The van der Waals surface area contributed by atoms with Crippen LogP contribution in [-0.4, -0.2) is 42.5 Å². The first kappa shape index (κ1) is 22.6. The van der Waals surface area contributed by atoms with Crippen molar-refractivity contribution < 1.29 is 22.3 Å². The molecule has 168 valence electrons. The number of rotatable bonds is 6. The number of carbonyl (C=O) groups is 1. The van der Waals surface area contributed by atoms with Crippen LogP contribution in [0.1, 0.15) is 33.7 Å². The number of methoxy groups -OCH3 is 1. The summed E-state index contributed by atoms with van der Waals surface area (Å²) in [5.41, 5.74) is 0.282. The molecule has 0 bridgehead atoms. The molecule has 0 spiro atoms. The zero-order chi connectivity index (χ0) is 22.9. The second kappa shape index (κ2) is 9.10. The summed E-state index contributed by atoms with van der Waals surface area (Å²) in [4.78, 5) is 12.5. The summed E-state index contributed by atoms with van der Waals surface area (Å²) in [7, 11) is -2.56. The molecule has 1 saturated heterocycles. The summed E-state index contributed by atoms with van der Waals surface area (Å²) in [6.45, 7) is 0.285. The molecule has 0 saturated carbocycles. The Bertz CT molecular complexity index is 1270. The molecule has 2 aromatic carbocycles. The molecule has 1 aromatic heterocycles. The van der Waals surface area contributed by atoms with Crippen molar-refractivity contribution in [2.24, 2.45) is 0 Å². The number of aromatic nitrogens is 2. The summed E-state index contributed by atoms with van der Waals surface area (Å²) in [5, 5.41) is 11.3. The molecule has 2 heterocycles. The van der Waals surface area contributed by atoms with Gasteiger partial charge in [0.1, 0.15) is 21.5 Å². The van der Waals surface area contributed by atoms with Gasteiger partial charge in [0, 0.05) is 17.3 Å². The molecule has 1 unspecified atom stereocenters. The largest absolute Gasteiger partial charge is 0.495 e. The first-order valence-corrected chi connectivity index (χ1v) is 12.2. The third-order valence-electron chi connectivity index (χ3n) is 4.92. The third-order valence-corrected chi connectivity index (χ3v) is 8.11. The summed E-state index contributed by atoms with van der Waals surface area (Å²) in [6, 6.07) is 9.30. The fraction of sp³-hybridized carbons (Fsp3) is 0.250. The highest BCUT2D eigenvalue weighted by molar-refractivity contribution is 7.89. The van der Waals surface area contributed by atoms with Crippen LogP contribution in [0.15, 0.2) is 47.4 Å². The van der Waals surface area contributed by atoms with Crippen LogP contribution in [0.25, 0.3) is 0 Å². The number of amides is 1. The SMILES string of the molecule is COc1ccc(Cl)cc1S(=O)(=O)N1CCCC1c1nnc(C(=O)Nc2cccc(F)c2)s1. The summed E-state index contributed by atoms with van der Waals surface area (Å²) < 4.78 is 46.7. The van der Waals surface area contributed by atoms with E-state index in [0.29, 0.717) is 17.8 Å². The van der Waals surface area contributed by atoms with Crippen LogP contribution in [0.3, 0.4) is 0 Å². The highest BCUT2D eigenvalue weighted by Crippen LogP contribution is 2.40. The number of benzene rings is 2. The van der Waals surface area contributed by atoms with Gasteiger partial charge in [0.25, 0.3) is 5.91 Å². The van der Waals surface area contributed by atoms with Crippen LogP contribution in [0.4, 0.5) is 10.1 Å². The predicted molar refractivity (Wildman–Crippen MR) is 118 cm³/mol. The number of carbonyl (C=O) groups excluding carboxylic acids is 1. The quantitative estimate of drug-likeness (QED) is 0.551. The molecule has 3 aromatic rings. The molecule has 12 heteroatoms. The summed E-state index contributed by atoms with van der Waals surface area (Å²) in [5.74, 6) is -0.847. The minimum absolute atomic E-state index is 0.0343. The van der Waals surface area contributed by atoms with E-state index >= 15 is 0 Å². The average molecular weight is 497 g/mol. The normalized spacial score (nSPS) is 16.8. The Morgan fingerprint density at radius 2 is 2.09 bits per heavy atom. The van der Waals surface area contributed by atoms with E-state index in [1.54, 1.807) is 12.1 Å². The second-order valence-electron chi connectivity index (χ2n) is 6.98. The Kier molecular flexibility index (Phi) is 6.42. The number of hydrogen-bond acceptors (Lipinski definition) is 7. The fourth-order valence-electron chi connectivity index (χ4n) is 3.46. The van der Waals surface area contributed by atoms with Crippen LogP contribution >= 0.6 is 22.9 Å². The van der Waals surface area contributed by atoms with Gasteiger partial charge in [-0.1, -0.05) is 29.0 Å². The van der Waals surface area contributed by atoms with Crippen molar-refractivity contribution in [3.63, 3.8) is 0 Å². The Labute approximate surface area is 193 Å². The van der Waals surface area contributed by atoms with Gasteiger partial charge in [-0.25, -0.2) is 12.8 Å². The Hall–Kier alpha value is -2.60. The molecular weight excluding hydrogens is 479 g/mol. The number of nitrogens with one attached hydrogen (secondary N) is 1. The second-order valence-corrected chi connectivity index (χ2v) is 10.3. The third kappa shape index (κ3) is 4.46. The van der Waals surface area contributed by atoms with Gasteiger partial charge in [-0.2, -0.15) is 4.31 Å². The van der Waals surface area contributed by atoms with Crippen molar-refractivity contribution >= 4 is 44.6 Å². The maximum absolute atomic E-state index is 13.4. The topological polar surface area (TPSA) is 101 Å². The van der Waals surface area contributed by atoms with E-state index in [-0.39, 0.29) is 32.9 Å². The van der Waals surface area contributed by atoms with Crippen molar-refractivity contribution in [1.29, 1.82) is 0 Å². The van der Waals surface area contributed by atoms with E-state index in [1.165, 1.54) is 41.7 Å². The Morgan fingerprint density at radius 1 is 1.28 bits per heavy atom. The highest BCUT2D eigenvalue weighted by atomic mass is 35.5. The molecule has 1 amide bonds. The zero-order valence-electron chi connectivity index (χ0n) is 16.8. The number of ether oxygens (including phenoxy) is 1. The fourth-order valence-corrected chi connectivity index (χ4v) is 6.50. The predicted octanol–water partition coefficient (Wildman–Crippen LogP) is 4.12. The molecule has 0 radical (unpaired) electrons. The molecule has 1 aliphatic heterocycles. The van der Waals surface area contributed by atoms with Crippen LogP contribution < -0.4 is 10.1 Å². The lowest BCUT2D eigenvalue weighted by atomic mass is 10.2. The maximum Gasteiger partial charge on any atom is 0.286 e. The van der Waals surface area contributed by atoms with Crippen molar-refractivity contribution in [2.75, 3.05) is 19.0 Å². The van der Waals surface area contributed by atoms with Gasteiger partial charge in [-0.3, -0.25) is 4.79 Å². The number of halogens is 2. The zero-order valence-corrected chi connectivity index (χ0v) is 19.2. The van der Waals surface area contributed by atoms with Gasteiger partial charge in [0.15, 0.2) is 0 Å². The van der Waals surface area contributed by atoms with Gasteiger partial charge in [-0.05, 0) is 49.2 Å². The minimum atomic E-state index is -3.95. The maximum atomic E-state index is 13.4. The first-order chi connectivity index (χ1) is 15.3. The summed E-state index contributed by atoms with van der Waals surface area (Å²) in [6.07, 6.45) is 1.15. The number of sulfonamides is 1. The molecular formula is C20H18ClFN4O4S2. The molecule has 4 rings (SSSR count). The van der Waals surface area contributed by atoms with Crippen molar-refractivity contribution in [3.8, 4) is 5.75 Å². The molecule has 1 atom stereocenters. The minimum Gasteiger partial charge on any atom is -0.495 e. The van der Waals surface area contributed by atoms with Crippen molar-refractivity contribution in [1.82, 2.24) is 14.5 Å². The van der Waals surface area contributed by atoms with E-state index in [9.17, 15) is 17.6 Å². The number of hydrogen-bond donors (Lipinski definition) is 1. The van der Waals surface area contributed by atoms with E-state index < -0.39 is 27.8 Å². The van der Waals surface area contributed by atoms with E-state index in [2.05, 4.69) is 15.5 Å². The molecule has 1 aliphatic rings. The van der Waals surface area contributed by atoms with Gasteiger partial charge in [0.2, 0.25) is 15.0 Å². The van der Waals surface area contributed by atoms with Crippen LogP contribution in [0.2, 0.25) is 5.02 Å². The van der Waals surface area contributed by atoms with Gasteiger partial charge in [-0.15, -0.1) is 10.2 Å². The lowest BCUT2D eigenvalue weighted by Gasteiger charge is -2.23. The monoisotopic (exact) mass is 496 g/mol. The highest BCUT2D eigenvalue weighted by Gasteiger charge is 2.39. The Morgan fingerprint density at radius 3 is 2.84 bits per heavy atom. The lowest BCUT2D eigenvalue weighted by Crippen LogP contribution is -2.31. The van der Waals surface area contributed by atoms with Crippen molar-refractivity contribution in [3.05, 3.63) is 63.3 Å². The Balaban J connectivity index is 1.59. The first-order valence-electron chi connectivity index (χ1n) is 9.55. The van der Waals surface area contributed by atoms with Gasteiger partial charge in [0.05, 0.1) is 13.2 Å². The van der Waals surface area contributed by atoms with Gasteiger partial charge < -0.3 is 10.1 Å². The van der Waals surface area contributed by atoms with E-state index in [1.807, 2.05) is 0 Å². The van der Waals surface area contributed by atoms with Crippen LogP contribution in [0, 0.1) is 5.82 Å². The van der Waals surface area contributed by atoms with Crippen LogP contribution in [-0.2, 0) is 10.0 Å². The molecule has 8 nitrogen and oxygen atoms in total. The molecule has 32 heavy (non-hydrogen) atoms. The standard InChI is InChI=1S/C20H18ClFN4O4S2/c1-30-16-8-7-12(21)10-17(16)32(28,29)26-9-3-6-15(26)19-24-25-20(31-19)18(27)23-14-5-2-4-13(22)11-14/h2,4-5,7-8,10-11,15H,3,6,9H2,1H3,(H,23,27). The van der Waals surface area contributed by atoms with Crippen molar-refractivity contribution in [2.45, 2.75) is 23.8 Å². The molecule has 1 fully saturated rings.